The molecule has 1 unspecified atom stereocenters. The summed E-state index contributed by atoms with van der Waals surface area (Å²) in [7, 11) is 0. The molecule has 1 aromatic rings. The normalized spacial score (nSPS) is 20.3. The molecule has 1 fully saturated rings. The van der Waals surface area contributed by atoms with Gasteiger partial charge in [0.05, 0.1) is 0 Å². The average Bonchev–Trinajstić information content (AvgIpc) is 2.38. The third-order valence-corrected chi connectivity index (χ3v) is 3.36. The molecule has 3 nitrogen and oxygen atoms in total. The third-order valence-electron chi connectivity index (χ3n) is 3.36. The van der Waals surface area contributed by atoms with Crippen molar-refractivity contribution in [1.82, 2.24) is 10.2 Å². The van der Waals surface area contributed by atoms with Crippen molar-refractivity contribution in [3.05, 3.63) is 35.9 Å². The zero-order valence-corrected chi connectivity index (χ0v) is 10.4. The molecule has 0 radical (unpaired) electrons. The van der Waals surface area contributed by atoms with Crippen molar-refractivity contribution < 1.29 is 4.79 Å². The van der Waals surface area contributed by atoms with Crippen LogP contribution in [0.5, 0.6) is 0 Å². The van der Waals surface area contributed by atoms with E-state index in [0.29, 0.717) is 6.04 Å². The second-order valence-electron chi connectivity index (χ2n) is 4.59. The summed E-state index contributed by atoms with van der Waals surface area (Å²) in [4.78, 5) is 13.5. The van der Waals surface area contributed by atoms with Gasteiger partial charge in [0.25, 0.3) is 0 Å². The van der Waals surface area contributed by atoms with Crippen molar-refractivity contribution in [2.24, 2.45) is 0 Å². The molecule has 17 heavy (non-hydrogen) atoms. The van der Waals surface area contributed by atoms with E-state index < -0.39 is 0 Å². The molecule has 0 spiro atoms. The number of nitrogens with zero attached hydrogens (tertiary/aromatic N) is 1. The monoisotopic (exact) mass is 232 g/mol. The van der Waals surface area contributed by atoms with Gasteiger partial charge in [-0.15, -0.1) is 0 Å². The average molecular weight is 232 g/mol. The Kier molecular flexibility index (Phi) is 4.15. The highest BCUT2D eigenvalue weighted by molar-refractivity contribution is 5.73. The van der Waals surface area contributed by atoms with Crippen molar-refractivity contribution in [2.75, 3.05) is 19.6 Å². The first-order chi connectivity index (χ1) is 8.27. The molecule has 0 aromatic heterocycles. The molecule has 3 heteroatoms. The van der Waals surface area contributed by atoms with E-state index in [1.54, 1.807) is 6.92 Å². The highest BCUT2D eigenvalue weighted by atomic mass is 16.2. The van der Waals surface area contributed by atoms with E-state index in [1.165, 1.54) is 5.56 Å². The van der Waals surface area contributed by atoms with Crippen molar-refractivity contribution in [3.8, 4) is 0 Å². The van der Waals surface area contributed by atoms with Crippen LogP contribution in [0.2, 0.25) is 0 Å². The second kappa shape index (κ2) is 5.82. The van der Waals surface area contributed by atoms with E-state index in [4.69, 9.17) is 0 Å². The van der Waals surface area contributed by atoms with Crippen molar-refractivity contribution in [1.29, 1.82) is 0 Å². The molecule has 1 aliphatic heterocycles. The Labute approximate surface area is 103 Å². The van der Waals surface area contributed by atoms with E-state index in [-0.39, 0.29) is 5.91 Å². The zero-order valence-electron chi connectivity index (χ0n) is 10.4. The van der Waals surface area contributed by atoms with Gasteiger partial charge >= 0.3 is 0 Å². The van der Waals surface area contributed by atoms with Crippen LogP contribution in [-0.4, -0.2) is 36.5 Å². The molecular formula is C14H20N2O. The molecule has 1 heterocycles. The van der Waals surface area contributed by atoms with Crippen LogP contribution < -0.4 is 5.32 Å². The van der Waals surface area contributed by atoms with Gasteiger partial charge in [0.15, 0.2) is 0 Å². The predicted molar refractivity (Wildman–Crippen MR) is 68.8 cm³/mol. The number of carbonyl (C=O) groups is 1. The van der Waals surface area contributed by atoms with Crippen LogP contribution in [0.3, 0.4) is 0 Å². The zero-order chi connectivity index (χ0) is 12.1. The largest absolute Gasteiger partial charge is 0.337 e. The summed E-state index contributed by atoms with van der Waals surface area (Å²) in [5, 5.41) is 3.36. The lowest BCUT2D eigenvalue weighted by molar-refractivity contribution is -0.132. The van der Waals surface area contributed by atoms with Crippen molar-refractivity contribution >= 4 is 5.91 Å². The molecule has 2 rings (SSSR count). The number of carbonyl (C=O) groups excluding carboxylic acids is 1. The second-order valence-corrected chi connectivity index (χ2v) is 4.59. The summed E-state index contributed by atoms with van der Waals surface area (Å²) < 4.78 is 0. The quantitative estimate of drug-likeness (QED) is 0.855. The van der Waals surface area contributed by atoms with Crippen LogP contribution in [0.25, 0.3) is 0 Å². The van der Waals surface area contributed by atoms with Crippen LogP contribution in [-0.2, 0) is 11.2 Å². The lowest BCUT2D eigenvalue weighted by Crippen LogP contribution is -2.53. The summed E-state index contributed by atoms with van der Waals surface area (Å²) in [6.07, 6.45) is 2.08. The van der Waals surface area contributed by atoms with E-state index >= 15 is 0 Å². The lowest BCUT2D eigenvalue weighted by Gasteiger charge is -2.35. The van der Waals surface area contributed by atoms with Crippen molar-refractivity contribution in [2.45, 2.75) is 25.8 Å². The highest BCUT2D eigenvalue weighted by Gasteiger charge is 2.23. The number of aryl methyl sites for hydroxylation is 1. The van der Waals surface area contributed by atoms with Crippen LogP contribution >= 0.6 is 0 Å². The molecule has 1 N–H and O–H groups in total. The van der Waals surface area contributed by atoms with Gasteiger partial charge < -0.3 is 10.2 Å². The van der Waals surface area contributed by atoms with Gasteiger partial charge in [0.2, 0.25) is 5.91 Å². The van der Waals surface area contributed by atoms with Gasteiger partial charge in [-0.05, 0) is 18.4 Å². The standard InChI is InChI=1S/C14H20N2O/c1-12(17)16-10-9-15-11-14(16)8-7-13-5-3-2-4-6-13/h2-6,14-15H,7-11H2,1H3. The van der Waals surface area contributed by atoms with E-state index in [2.05, 4.69) is 29.6 Å². The molecule has 0 saturated carbocycles. The Bertz CT molecular complexity index is 364. The minimum absolute atomic E-state index is 0.199. The van der Waals surface area contributed by atoms with Crippen LogP contribution in [0.1, 0.15) is 18.9 Å². The number of hydrogen-bond acceptors (Lipinski definition) is 2. The molecule has 1 atom stereocenters. The van der Waals surface area contributed by atoms with Crippen LogP contribution in [0.15, 0.2) is 30.3 Å². The summed E-state index contributed by atoms with van der Waals surface area (Å²) in [5.74, 6) is 0.199. The number of nitrogens with one attached hydrogen (secondary N) is 1. The maximum atomic E-state index is 11.5. The highest BCUT2D eigenvalue weighted by Crippen LogP contribution is 2.12. The third kappa shape index (κ3) is 3.30. The summed E-state index contributed by atoms with van der Waals surface area (Å²) >= 11 is 0. The Morgan fingerprint density at radius 1 is 1.41 bits per heavy atom. The maximum Gasteiger partial charge on any atom is 0.219 e. The lowest BCUT2D eigenvalue weighted by atomic mass is 10.0. The molecule has 0 aliphatic carbocycles. The first-order valence-corrected chi connectivity index (χ1v) is 6.29. The minimum Gasteiger partial charge on any atom is -0.337 e. The van der Waals surface area contributed by atoms with Crippen molar-refractivity contribution in [3.63, 3.8) is 0 Å². The van der Waals surface area contributed by atoms with E-state index in [0.717, 1.165) is 32.5 Å². The van der Waals surface area contributed by atoms with Gasteiger partial charge in [-0.2, -0.15) is 0 Å². The molecule has 1 saturated heterocycles. The maximum absolute atomic E-state index is 11.5. The Morgan fingerprint density at radius 2 is 2.18 bits per heavy atom. The first kappa shape index (κ1) is 12.1. The molecule has 1 aliphatic rings. The SMILES string of the molecule is CC(=O)N1CCNCC1CCc1ccccc1. The predicted octanol–water partition coefficient (Wildman–Crippen LogP) is 1.44. The Morgan fingerprint density at radius 3 is 2.88 bits per heavy atom. The molecule has 1 aromatic carbocycles. The Hall–Kier alpha value is -1.35. The summed E-state index contributed by atoms with van der Waals surface area (Å²) in [5.41, 5.74) is 1.35. The topological polar surface area (TPSA) is 32.3 Å². The minimum atomic E-state index is 0.199. The molecule has 92 valence electrons. The summed E-state index contributed by atoms with van der Waals surface area (Å²) in [6.45, 7) is 4.35. The number of piperazine rings is 1. The first-order valence-electron chi connectivity index (χ1n) is 6.29. The fourth-order valence-electron chi connectivity index (χ4n) is 2.41. The summed E-state index contributed by atoms with van der Waals surface area (Å²) in [6, 6.07) is 10.8. The van der Waals surface area contributed by atoms with Gasteiger partial charge in [0.1, 0.15) is 0 Å². The number of benzene rings is 1. The van der Waals surface area contributed by atoms with Crippen LogP contribution in [0.4, 0.5) is 0 Å². The van der Waals surface area contributed by atoms with E-state index in [9.17, 15) is 4.79 Å². The molecule has 0 bridgehead atoms. The Balaban J connectivity index is 1.90. The fraction of sp³-hybridized carbons (Fsp3) is 0.500. The fourth-order valence-corrected chi connectivity index (χ4v) is 2.41. The van der Waals surface area contributed by atoms with Gasteiger partial charge in [-0.1, -0.05) is 30.3 Å². The number of rotatable bonds is 3. The smallest absolute Gasteiger partial charge is 0.219 e. The van der Waals surface area contributed by atoms with Crippen LogP contribution in [0, 0.1) is 0 Å². The molecular weight excluding hydrogens is 212 g/mol. The molecule has 1 amide bonds. The van der Waals surface area contributed by atoms with Gasteiger partial charge in [-0.3, -0.25) is 4.79 Å². The van der Waals surface area contributed by atoms with E-state index in [1.807, 2.05) is 11.0 Å². The van der Waals surface area contributed by atoms with Gasteiger partial charge in [0, 0.05) is 32.6 Å². The van der Waals surface area contributed by atoms with Gasteiger partial charge in [-0.25, -0.2) is 0 Å². The number of amides is 1. The number of hydrogen-bond donors (Lipinski definition) is 1.